The maximum absolute atomic E-state index is 12.4. The average molecular weight is 602 g/mol. The zero-order valence-electron chi connectivity index (χ0n) is 27.8. The van der Waals surface area contributed by atoms with Gasteiger partial charge in [-0.15, -0.1) is 0 Å². The van der Waals surface area contributed by atoms with E-state index >= 15 is 0 Å². The van der Waals surface area contributed by atoms with Gasteiger partial charge in [-0.2, -0.15) is 0 Å². The number of aliphatic hydroxyl groups is 1. The Hall–Kier alpha value is -0.280. The van der Waals surface area contributed by atoms with E-state index in [1.807, 2.05) is 0 Å². The molecule has 13 atom stereocenters. The van der Waals surface area contributed by atoms with Crippen LogP contribution in [0.1, 0.15) is 92.9 Å². The highest BCUT2D eigenvalue weighted by Crippen LogP contribution is 2.89. The average Bonchev–Trinajstić information content (AvgIpc) is 3.57. The molecule has 0 aromatic rings. The Morgan fingerprint density at radius 3 is 2.49 bits per heavy atom. The Morgan fingerprint density at radius 2 is 1.74 bits per heavy atom. The van der Waals surface area contributed by atoms with Crippen molar-refractivity contribution in [1.82, 2.24) is 4.90 Å². The minimum Gasteiger partial charge on any atom is -0.390 e. The van der Waals surface area contributed by atoms with E-state index in [-0.39, 0.29) is 40.8 Å². The van der Waals surface area contributed by atoms with E-state index in [9.17, 15) is 5.11 Å². The second-order valence-corrected chi connectivity index (χ2v) is 17.4. The van der Waals surface area contributed by atoms with Crippen LogP contribution in [0.3, 0.4) is 0 Å². The largest absolute Gasteiger partial charge is 0.390 e. The Kier molecular flexibility index (Phi) is 7.07. The molecule has 8 fully saturated rings. The fourth-order valence-corrected chi connectivity index (χ4v) is 13.6. The molecule has 0 aromatic carbocycles. The smallest absolute Gasteiger partial charge is 0.170 e. The molecule has 8 aliphatic rings. The maximum Gasteiger partial charge on any atom is 0.170 e. The molecule has 3 heterocycles. The molecular weight excluding hydrogens is 542 g/mol. The summed E-state index contributed by atoms with van der Waals surface area (Å²) in [7, 11) is 0. The number of rotatable bonds is 6. The third-order valence-electron chi connectivity index (χ3n) is 15.8. The number of hydrogen-bond acceptors (Lipinski definition) is 7. The topological polar surface area (TPSA) is 69.6 Å². The molecule has 0 amide bonds. The van der Waals surface area contributed by atoms with E-state index in [0.717, 1.165) is 52.4 Å². The summed E-state index contributed by atoms with van der Waals surface area (Å²) in [5, 5.41) is 12.4. The van der Waals surface area contributed by atoms with Crippen LogP contribution in [0, 0.1) is 50.7 Å². The van der Waals surface area contributed by atoms with Gasteiger partial charge in [-0.1, -0.05) is 34.6 Å². The van der Waals surface area contributed by atoms with Gasteiger partial charge in [0.05, 0.1) is 63.4 Å². The van der Waals surface area contributed by atoms with Gasteiger partial charge in [0.25, 0.3) is 0 Å². The number of nitrogens with zero attached hydrogens (tertiary/aromatic N) is 1. The van der Waals surface area contributed by atoms with Crippen LogP contribution in [-0.4, -0.2) is 92.9 Å². The summed E-state index contributed by atoms with van der Waals surface area (Å²) < 4.78 is 31.2. The summed E-state index contributed by atoms with van der Waals surface area (Å²) in [6, 6.07) is 0.538. The lowest BCUT2D eigenvalue weighted by Gasteiger charge is -2.64. The van der Waals surface area contributed by atoms with E-state index in [4.69, 9.17) is 23.7 Å². The van der Waals surface area contributed by atoms with E-state index in [1.165, 1.54) is 38.5 Å². The lowest BCUT2D eigenvalue weighted by Crippen LogP contribution is -2.60. The molecule has 4 unspecified atom stereocenters. The summed E-state index contributed by atoms with van der Waals surface area (Å²) in [6.07, 6.45) is 9.62. The van der Waals surface area contributed by atoms with Gasteiger partial charge >= 0.3 is 0 Å². The van der Waals surface area contributed by atoms with Crippen LogP contribution in [0.4, 0.5) is 0 Å². The molecule has 7 heteroatoms. The van der Waals surface area contributed by atoms with Crippen LogP contribution in [-0.2, 0) is 23.7 Å². The van der Waals surface area contributed by atoms with Gasteiger partial charge in [0.15, 0.2) is 6.29 Å². The molecule has 2 spiro atoms. The number of aliphatic hydroxyl groups excluding tert-OH is 1. The summed E-state index contributed by atoms with van der Waals surface area (Å²) in [5.41, 5.74) is 0.907. The quantitative estimate of drug-likeness (QED) is 0.444. The minimum absolute atomic E-state index is 0.0612. The van der Waals surface area contributed by atoms with Gasteiger partial charge in [-0.05, 0) is 104 Å². The summed E-state index contributed by atoms with van der Waals surface area (Å²) in [6.45, 7) is 20.2. The van der Waals surface area contributed by atoms with Crippen molar-refractivity contribution in [3.63, 3.8) is 0 Å². The van der Waals surface area contributed by atoms with Gasteiger partial charge in [0.2, 0.25) is 0 Å². The molecule has 5 saturated carbocycles. The molecule has 3 aliphatic heterocycles. The maximum atomic E-state index is 12.4. The molecule has 43 heavy (non-hydrogen) atoms. The van der Waals surface area contributed by atoms with Crippen molar-refractivity contribution in [2.24, 2.45) is 50.7 Å². The van der Waals surface area contributed by atoms with Gasteiger partial charge < -0.3 is 28.8 Å². The number of ether oxygens (including phenoxy) is 5. The van der Waals surface area contributed by atoms with Crippen LogP contribution in [0.5, 0.6) is 0 Å². The first-order valence-electron chi connectivity index (χ1n) is 18.0. The Labute approximate surface area is 260 Å². The van der Waals surface area contributed by atoms with Crippen molar-refractivity contribution in [3.05, 3.63) is 0 Å². The lowest BCUT2D eigenvalue weighted by molar-refractivity contribution is -0.256. The van der Waals surface area contributed by atoms with Crippen molar-refractivity contribution >= 4 is 0 Å². The first-order valence-corrected chi connectivity index (χ1v) is 18.0. The van der Waals surface area contributed by atoms with Crippen LogP contribution < -0.4 is 0 Å². The van der Waals surface area contributed by atoms with Gasteiger partial charge in [0.1, 0.15) is 0 Å². The molecule has 8 rings (SSSR count). The van der Waals surface area contributed by atoms with Crippen molar-refractivity contribution in [1.29, 1.82) is 0 Å². The number of morpholine rings is 1. The molecule has 3 saturated heterocycles. The highest BCUT2D eigenvalue weighted by atomic mass is 16.7. The number of hydrogen-bond donors (Lipinski definition) is 1. The van der Waals surface area contributed by atoms with Crippen molar-refractivity contribution in [2.75, 3.05) is 46.1 Å². The van der Waals surface area contributed by atoms with E-state index < -0.39 is 6.10 Å². The van der Waals surface area contributed by atoms with Crippen LogP contribution in [0.25, 0.3) is 0 Å². The van der Waals surface area contributed by atoms with E-state index in [0.29, 0.717) is 47.2 Å². The Balaban J connectivity index is 1.02. The zero-order chi connectivity index (χ0) is 30.0. The SMILES string of the molecule is CCOCC1C[C@@H](C)[C@H]2C(O1)[C@H](O)[C@@]1(C)C3CC[C@H]4C(C)(C)[C@@H](O[C@H]5CN(C6COC6)CCO5)CCC45C[C@@]35CC[C@]21C. The van der Waals surface area contributed by atoms with Crippen molar-refractivity contribution < 1.29 is 28.8 Å². The standard InChI is InChI=1S/C36H59NO6/c1-7-39-20-24-16-22(2)29-30(42-24)31(38)34(6)26-9-8-25-32(3,4)27(43-28-17-37(14-15-41-28)23-18-40-19-23)10-11-35(25)21-36(26,35)13-12-33(29,34)5/h22-31,38H,7-21H2,1-6H3/t22-,24?,25+,26?,27+,28+,29+,30?,31+,33-,34-,35?,36+/m1/s1. The minimum atomic E-state index is -0.397. The first-order chi connectivity index (χ1) is 20.5. The van der Waals surface area contributed by atoms with Crippen LogP contribution in [0.15, 0.2) is 0 Å². The molecule has 7 nitrogen and oxygen atoms in total. The normalized spacial score (nSPS) is 55.7. The highest BCUT2D eigenvalue weighted by molar-refractivity contribution is 5.32. The predicted molar refractivity (Wildman–Crippen MR) is 163 cm³/mol. The van der Waals surface area contributed by atoms with E-state index in [1.54, 1.807) is 0 Å². The molecule has 0 bridgehead atoms. The number of fused-ring (bicyclic) bond motifs is 4. The van der Waals surface area contributed by atoms with Crippen LogP contribution in [0.2, 0.25) is 0 Å². The van der Waals surface area contributed by atoms with Crippen molar-refractivity contribution in [3.8, 4) is 0 Å². The summed E-state index contributed by atoms with van der Waals surface area (Å²) >= 11 is 0. The molecule has 5 aliphatic carbocycles. The van der Waals surface area contributed by atoms with Crippen molar-refractivity contribution in [2.45, 2.75) is 130 Å². The van der Waals surface area contributed by atoms with Gasteiger partial charge in [0, 0.05) is 18.6 Å². The van der Waals surface area contributed by atoms with E-state index in [2.05, 4.69) is 46.4 Å². The molecule has 244 valence electrons. The molecule has 0 aromatic heterocycles. The third-order valence-corrected chi connectivity index (χ3v) is 15.8. The fraction of sp³-hybridized carbons (Fsp3) is 1.00. The Morgan fingerprint density at radius 1 is 0.977 bits per heavy atom. The van der Waals surface area contributed by atoms with Gasteiger partial charge in [-0.3, -0.25) is 4.90 Å². The molecule has 1 N–H and O–H groups in total. The zero-order valence-corrected chi connectivity index (χ0v) is 27.8. The predicted octanol–water partition coefficient (Wildman–Crippen LogP) is 5.28. The second-order valence-electron chi connectivity index (χ2n) is 17.4. The summed E-state index contributed by atoms with van der Waals surface area (Å²) in [4.78, 5) is 2.52. The first kappa shape index (κ1) is 30.1. The lowest BCUT2D eigenvalue weighted by atomic mass is 9.41. The molecule has 0 radical (unpaired) electrons. The highest BCUT2D eigenvalue weighted by Gasteiger charge is 2.84. The van der Waals surface area contributed by atoms with Gasteiger partial charge in [-0.25, -0.2) is 0 Å². The summed E-state index contributed by atoms with van der Waals surface area (Å²) in [5.74, 6) is 2.22. The molecular formula is C36H59NO6. The third kappa shape index (κ3) is 3.91. The second kappa shape index (κ2) is 10.1. The monoisotopic (exact) mass is 601 g/mol. The Bertz CT molecular complexity index is 1080. The van der Waals surface area contributed by atoms with Crippen LogP contribution >= 0.6 is 0 Å². The fourth-order valence-electron chi connectivity index (χ4n) is 13.6.